The van der Waals surface area contributed by atoms with Crippen LogP contribution in [-0.4, -0.2) is 46.8 Å². The van der Waals surface area contributed by atoms with E-state index >= 15 is 0 Å². The Balaban J connectivity index is 2.01. The van der Waals surface area contributed by atoms with Crippen molar-refractivity contribution in [3.8, 4) is 5.75 Å². The zero-order valence-electron chi connectivity index (χ0n) is 16.9. The molecular weight excluding hydrogens is 417 g/mol. The quantitative estimate of drug-likeness (QED) is 0.742. The second-order valence-corrected chi connectivity index (χ2v) is 7.33. The van der Waals surface area contributed by atoms with Gasteiger partial charge in [0.25, 0.3) is 11.8 Å². The van der Waals surface area contributed by atoms with Crippen molar-refractivity contribution >= 4 is 17.5 Å². The highest BCUT2D eigenvalue weighted by atomic mass is 19.4. The molecule has 0 spiro atoms. The maximum absolute atomic E-state index is 13.9. The van der Waals surface area contributed by atoms with Gasteiger partial charge in [-0.1, -0.05) is 6.92 Å². The van der Waals surface area contributed by atoms with Crippen LogP contribution in [-0.2, 0) is 9.53 Å². The summed E-state index contributed by atoms with van der Waals surface area (Å²) < 4.78 is 52.3. The predicted octanol–water partition coefficient (Wildman–Crippen LogP) is 2.66. The molecule has 2 amide bonds. The molecule has 0 unspecified atom stereocenters. The zero-order chi connectivity index (χ0) is 23.0. The van der Waals surface area contributed by atoms with Crippen LogP contribution in [0.2, 0.25) is 0 Å². The average Bonchev–Trinajstić information content (AvgIpc) is 3.00. The van der Waals surface area contributed by atoms with Crippen LogP contribution in [0.5, 0.6) is 5.75 Å². The molecule has 0 aromatic carbocycles. The number of anilines is 1. The third-order valence-corrected chi connectivity index (χ3v) is 5.54. The van der Waals surface area contributed by atoms with Gasteiger partial charge in [0.05, 0.1) is 12.8 Å². The van der Waals surface area contributed by atoms with Crippen molar-refractivity contribution in [2.75, 3.05) is 12.4 Å². The van der Waals surface area contributed by atoms with E-state index in [9.17, 15) is 22.8 Å². The fraction of sp³-hybridized carbons (Fsp3) is 0.400. The fourth-order valence-electron chi connectivity index (χ4n) is 3.65. The molecule has 1 fully saturated rings. The number of nitrogens with zero attached hydrogens (tertiary/aromatic N) is 2. The Morgan fingerprint density at radius 3 is 2.58 bits per heavy atom. The number of aromatic nitrogens is 2. The van der Waals surface area contributed by atoms with Gasteiger partial charge in [-0.2, -0.15) is 13.2 Å². The summed E-state index contributed by atoms with van der Waals surface area (Å²) in [6, 6.07) is 5.72. The molecule has 3 rings (SSSR count). The topological polar surface area (TPSA) is 116 Å². The van der Waals surface area contributed by atoms with E-state index in [1.807, 2.05) is 0 Å². The highest BCUT2D eigenvalue weighted by Crippen LogP contribution is 2.54. The molecule has 0 aliphatic carbocycles. The number of amides is 2. The number of hydrogen-bond acceptors (Lipinski definition) is 6. The minimum atomic E-state index is -4.74. The zero-order valence-corrected chi connectivity index (χ0v) is 16.9. The second-order valence-electron chi connectivity index (χ2n) is 7.33. The number of ether oxygens (including phenoxy) is 2. The fourth-order valence-corrected chi connectivity index (χ4v) is 3.65. The molecule has 4 atom stereocenters. The number of alkyl halides is 3. The van der Waals surface area contributed by atoms with Crippen LogP contribution in [0.15, 0.2) is 36.7 Å². The van der Waals surface area contributed by atoms with E-state index < -0.39 is 41.5 Å². The number of nitrogens with two attached hydrogens (primary N) is 1. The van der Waals surface area contributed by atoms with Crippen molar-refractivity contribution in [2.24, 2.45) is 11.7 Å². The molecule has 3 N–H and O–H groups in total. The number of carbonyl (C=O) groups excluding carboxylic acids is 2. The van der Waals surface area contributed by atoms with Crippen LogP contribution in [0, 0.1) is 5.92 Å². The summed E-state index contributed by atoms with van der Waals surface area (Å²) in [5, 5.41) is 2.48. The number of rotatable bonds is 5. The lowest BCUT2D eigenvalue weighted by Crippen LogP contribution is -2.47. The van der Waals surface area contributed by atoms with Gasteiger partial charge < -0.3 is 20.5 Å². The van der Waals surface area contributed by atoms with Gasteiger partial charge in [0, 0.05) is 29.9 Å². The van der Waals surface area contributed by atoms with Crippen LogP contribution in [0.1, 0.15) is 35.9 Å². The molecular formula is C20H21F3N4O4. The maximum Gasteiger partial charge on any atom is 0.417 e. The third kappa shape index (κ3) is 4.05. The number of carbonyl (C=O) groups is 2. The lowest BCUT2D eigenvalue weighted by Gasteiger charge is -2.31. The number of pyridine rings is 2. The number of halogens is 3. The van der Waals surface area contributed by atoms with Gasteiger partial charge in [0.2, 0.25) is 0 Å². The first-order chi connectivity index (χ1) is 14.5. The Kier molecular flexibility index (Phi) is 5.90. The van der Waals surface area contributed by atoms with Crippen molar-refractivity contribution in [1.82, 2.24) is 9.97 Å². The molecule has 166 valence electrons. The van der Waals surface area contributed by atoms with Crippen molar-refractivity contribution < 1.29 is 32.2 Å². The van der Waals surface area contributed by atoms with Crippen molar-refractivity contribution in [3.05, 3.63) is 48.0 Å². The van der Waals surface area contributed by atoms with Gasteiger partial charge in [-0.25, -0.2) is 0 Å². The normalized spacial score (nSPS) is 25.8. The van der Waals surface area contributed by atoms with Crippen molar-refractivity contribution in [3.63, 3.8) is 0 Å². The minimum Gasteiger partial charge on any atom is -0.495 e. The molecule has 8 nitrogen and oxygen atoms in total. The van der Waals surface area contributed by atoms with Gasteiger partial charge in [0.1, 0.15) is 17.5 Å². The summed E-state index contributed by atoms with van der Waals surface area (Å²) in [7, 11) is 1.36. The third-order valence-electron chi connectivity index (χ3n) is 5.54. The highest BCUT2D eigenvalue weighted by molar-refractivity contribution is 5.97. The summed E-state index contributed by atoms with van der Waals surface area (Å²) in [6.45, 7) is 2.27. The van der Waals surface area contributed by atoms with E-state index in [0.29, 0.717) is 0 Å². The highest BCUT2D eigenvalue weighted by Gasteiger charge is 2.66. The molecule has 11 heteroatoms. The summed E-state index contributed by atoms with van der Waals surface area (Å²) in [5.74, 6) is -3.63. The SMILES string of the molecule is COc1cccnc1[C@H]1[C@@H](C)[C@@](C)(C(F)(F)F)O[C@H]1C(=O)Nc1ccnc(C(N)=O)c1. The van der Waals surface area contributed by atoms with Gasteiger partial charge >= 0.3 is 6.18 Å². The Hall–Kier alpha value is -3.21. The summed E-state index contributed by atoms with van der Waals surface area (Å²) >= 11 is 0. The number of nitrogens with one attached hydrogen (secondary N) is 1. The Morgan fingerprint density at radius 2 is 1.97 bits per heavy atom. The maximum atomic E-state index is 13.9. The van der Waals surface area contributed by atoms with Gasteiger partial charge in [-0.05, 0) is 31.2 Å². The second kappa shape index (κ2) is 8.14. The Labute approximate surface area is 176 Å². The minimum absolute atomic E-state index is 0.110. The molecule has 0 saturated carbocycles. The first-order valence-electron chi connectivity index (χ1n) is 9.29. The van der Waals surface area contributed by atoms with E-state index in [2.05, 4.69) is 15.3 Å². The molecule has 0 bridgehead atoms. The van der Waals surface area contributed by atoms with Gasteiger partial charge in [0.15, 0.2) is 5.60 Å². The Bertz CT molecular complexity index is 1000. The van der Waals surface area contributed by atoms with Crippen LogP contribution >= 0.6 is 0 Å². The first-order valence-corrected chi connectivity index (χ1v) is 9.29. The van der Waals surface area contributed by atoms with Crippen LogP contribution in [0.3, 0.4) is 0 Å². The molecule has 0 radical (unpaired) electrons. The Morgan fingerprint density at radius 1 is 1.26 bits per heavy atom. The van der Waals surface area contributed by atoms with Gasteiger partial charge in [-0.15, -0.1) is 0 Å². The molecule has 1 aliphatic rings. The molecule has 3 heterocycles. The van der Waals surface area contributed by atoms with E-state index in [-0.39, 0.29) is 22.8 Å². The molecule has 31 heavy (non-hydrogen) atoms. The molecule has 2 aromatic heterocycles. The summed E-state index contributed by atoms with van der Waals surface area (Å²) in [4.78, 5) is 32.3. The lowest BCUT2D eigenvalue weighted by molar-refractivity contribution is -0.272. The lowest BCUT2D eigenvalue weighted by atomic mass is 9.78. The van der Waals surface area contributed by atoms with Crippen LogP contribution < -0.4 is 15.8 Å². The molecule has 2 aromatic rings. The number of hydrogen-bond donors (Lipinski definition) is 2. The predicted molar refractivity (Wildman–Crippen MR) is 103 cm³/mol. The van der Waals surface area contributed by atoms with E-state index in [1.54, 1.807) is 12.1 Å². The smallest absolute Gasteiger partial charge is 0.417 e. The van der Waals surface area contributed by atoms with Crippen LogP contribution in [0.4, 0.5) is 18.9 Å². The van der Waals surface area contributed by atoms with Crippen LogP contribution in [0.25, 0.3) is 0 Å². The first kappa shape index (κ1) is 22.5. The van der Waals surface area contributed by atoms with E-state index in [4.69, 9.17) is 15.2 Å². The van der Waals surface area contributed by atoms with Crippen molar-refractivity contribution in [2.45, 2.75) is 37.6 Å². The monoisotopic (exact) mass is 438 g/mol. The van der Waals surface area contributed by atoms with Crippen molar-refractivity contribution in [1.29, 1.82) is 0 Å². The standard InChI is InChI=1S/C20H21F3N4O4/c1-10-14(15-13(30-3)5-4-7-26-15)16(31-19(10,2)20(21,22)23)18(29)27-11-6-8-25-12(9-11)17(24)28/h4-10,14,16H,1-3H3,(H2,24,28)(H,25,27,29)/t10-,14-,16-,19+/m1/s1. The average molecular weight is 438 g/mol. The van der Waals surface area contributed by atoms with E-state index in [0.717, 1.165) is 6.92 Å². The molecule has 1 aliphatic heterocycles. The summed E-state index contributed by atoms with van der Waals surface area (Å²) in [6.07, 6.45) is -3.62. The van der Waals surface area contributed by atoms with Gasteiger partial charge in [-0.3, -0.25) is 19.6 Å². The van der Waals surface area contributed by atoms with E-state index in [1.165, 1.54) is 38.6 Å². The number of methoxy groups -OCH3 is 1. The summed E-state index contributed by atoms with van der Waals surface area (Å²) in [5.41, 5.74) is 2.79. The molecule has 1 saturated heterocycles. The largest absolute Gasteiger partial charge is 0.495 e. The number of primary amides is 1.